The highest BCUT2D eigenvalue weighted by Gasteiger charge is 2.16. The van der Waals surface area contributed by atoms with E-state index in [2.05, 4.69) is 16.4 Å². The number of rotatable bonds is 3. The third-order valence-corrected chi connectivity index (χ3v) is 2.97. The van der Waals surface area contributed by atoms with E-state index in [9.17, 15) is 0 Å². The molecule has 1 aliphatic rings. The van der Waals surface area contributed by atoms with Crippen LogP contribution in [0, 0.1) is 16.7 Å². The molecule has 0 unspecified atom stereocenters. The van der Waals surface area contributed by atoms with Crippen molar-refractivity contribution >= 4 is 35.6 Å². The van der Waals surface area contributed by atoms with E-state index in [1.165, 1.54) is 0 Å². The number of nitrogens with one attached hydrogen (secondary N) is 1. The lowest BCUT2D eigenvalue weighted by atomic mass is 9.96. The van der Waals surface area contributed by atoms with Crippen LogP contribution in [0.25, 0.3) is 0 Å². The minimum Gasteiger partial charge on any atom is -0.490 e. The molecule has 0 spiro atoms. The molecule has 0 saturated carbocycles. The Morgan fingerprint density at radius 2 is 2.05 bits per heavy atom. The van der Waals surface area contributed by atoms with Gasteiger partial charge in [0.15, 0.2) is 17.5 Å². The molecule has 0 amide bonds. The number of hydrogen-bond acceptors (Lipinski definition) is 4. The first kappa shape index (κ1) is 18.4. The Kier molecular flexibility index (Phi) is 6.74. The van der Waals surface area contributed by atoms with E-state index in [1.54, 1.807) is 0 Å². The van der Waals surface area contributed by atoms with E-state index < -0.39 is 5.41 Å². The minimum absolute atomic E-state index is 0. The van der Waals surface area contributed by atoms with Crippen LogP contribution in [-0.4, -0.2) is 25.7 Å². The number of nitrogens with two attached hydrogens (primary N) is 1. The Labute approximate surface area is 147 Å². The molecule has 1 heterocycles. The first-order chi connectivity index (χ1) is 10.00. The number of halogens is 1. The SMILES string of the molecule is CC(C)(C#N)CN=C(N)Nc1ccc2c(c1)OCCCO2.I. The molecule has 0 radical (unpaired) electrons. The van der Waals surface area contributed by atoms with E-state index in [1.807, 2.05) is 32.0 Å². The summed E-state index contributed by atoms with van der Waals surface area (Å²) in [5.74, 6) is 1.70. The Hall–Kier alpha value is -1.69. The van der Waals surface area contributed by atoms with Crippen LogP contribution in [0.4, 0.5) is 5.69 Å². The molecular weight excluding hydrogens is 395 g/mol. The molecule has 1 aromatic carbocycles. The third kappa shape index (κ3) is 5.26. The minimum atomic E-state index is -0.531. The smallest absolute Gasteiger partial charge is 0.193 e. The highest BCUT2D eigenvalue weighted by Crippen LogP contribution is 2.32. The van der Waals surface area contributed by atoms with Crippen LogP contribution in [0.2, 0.25) is 0 Å². The summed E-state index contributed by atoms with van der Waals surface area (Å²) < 4.78 is 11.2. The maximum absolute atomic E-state index is 8.94. The first-order valence-electron chi connectivity index (χ1n) is 6.88. The van der Waals surface area contributed by atoms with Gasteiger partial charge in [0.25, 0.3) is 0 Å². The van der Waals surface area contributed by atoms with Gasteiger partial charge < -0.3 is 20.5 Å². The number of fused-ring (bicyclic) bond motifs is 1. The number of benzene rings is 1. The maximum atomic E-state index is 8.94. The number of aliphatic imine (C=N–C) groups is 1. The molecule has 0 atom stereocenters. The van der Waals surface area contributed by atoms with Crippen LogP contribution in [0.15, 0.2) is 23.2 Å². The van der Waals surface area contributed by atoms with Crippen molar-refractivity contribution in [2.24, 2.45) is 16.1 Å². The van der Waals surface area contributed by atoms with Crippen LogP contribution in [0.3, 0.4) is 0 Å². The number of nitriles is 1. The Bertz CT molecular complexity index is 581. The van der Waals surface area contributed by atoms with Crippen LogP contribution in [-0.2, 0) is 0 Å². The van der Waals surface area contributed by atoms with Gasteiger partial charge in [0.05, 0.1) is 31.2 Å². The highest BCUT2D eigenvalue weighted by atomic mass is 127. The van der Waals surface area contributed by atoms with Crippen molar-refractivity contribution in [3.63, 3.8) is 0 Å². The number of anilines is 1. The van der Waals surface area contributed by atoms with Crippen LogP contribution in [0.5, 0.6) is 11.5 Å². The predicted molar refractivity (Wildman–Crippen MR) is 97.0 cm³/mol. The summed E-state index contributed by atoms with van der Waals surface area (Å²) in [6.45, 7) is 5.27. The Morgan fingerprint density at radius 3 is 2.73 bits per heavy atom. The lowest BCUT2D eigenvalue weighted by Crippen LogP contribution is -2.25. The van der Waals surface area contributed by atoms with Gasteiger partial charge in [-0.3, -0.25) is 4.99 Å². The Balaban J connectivity index is 0.00000242. The van der Waals surface area contributed by atoms with Crippen molar-refractivity contribution in [3.05, 3.63) is 18.2 Å². The van der Waals surface area contributed by atoms with E-state index in [-0.39, 0.29) is 29.9 Å². The summed E-state index contributed by atoms with van der Waals surface area (Å²) in [4.78, 5) is 4.18. The van der Waals surface area contributed by atoms with Crippen molar-refractivity contribution in [2.75, 3.05) is 25.1 Å². The highest BCUT2D eigenvalue weighted by molar-refractivity contribution is 14.0. The molecule has 1 aromatic rings. The second kappa shape index (κ2) is 8.08. The van der Waals surface area contributed by atoms with Crippen molar-refractivity contribution in [1.29, 1.82) is 5.26 Å². The molecule has 0 bridgehead atoms. The Morgan fingerprint density at radius 1 is 1.36 bits per heavy atom. The molecule has 22 heavy (non-hydrogen) atoms. The van der Waals surface area contributed by atoms with Crippen LogP contribution < -0.4 is 20.5 Å². The molecular formula is C15H21IN4O2. The second-order valence-corrected chi connectivity index (χ2v) is 5.53. The summed E-state index contributed by atoms with van der Waals surface area (Å²) >= 11 is 0. The van der Waals surface area contributed by atoms with Gasteiger partial charge in [-0.05, 0) is 26.0 Å². The van der Waals surface area contributed by atoms with Gasteiger partial charge in [-0.1, -0.05) is 0 Å². The lowest BCUT2D eigenvalue weighted by Gasteiger charge is -2.13. The predicted octanol–water partition coefficient (Wildman–Crippen LogP) is 2.74. The van der Waals surface area contributed by atoms with E-state index >= 15 is 0 Å². The first-order valence-corrected chi connectivity index (χ1v) is 6.88. The van der Waals surface area contributed by atoms with Crippen molar-refractivity contribution in [1.82, 2.24) is 0 Å². The van der Waals surface area contributed by atoms with Crippen LogP contribution in [0.1, 0.15) is 20.3 Å². The summed E-state index contributed by atoms with van der Waals surface area (Å²) in [7, 11) is 0. The lowest BCUT2D eigenvalue weighted by molar-refractivity contribution is 0.297. The molecule has 6 nitrogen and oxygen atoms in total. The molecule has 7 heteroatoms. The zero-order valence-electron chi connectivity index (χ0n) is 12.8. The second-order valence-electron chi connectivity index (χ2n) is 5.53. The zero-order valence-corrected chi connectivity index (χ0v) is 15.1. The molecule has 0 saturated heterocycles. The van der Waals surface area contributed by atoms with E-state index in [4.69, 9.17) is 20.5 Å². The van der Waals surface area contributed by atoms with E-state index in [0.29, 0.717) is 25.5 Å². The fraction of sp³-hybridized carbons (Fsp3) is 0.467. The molecule has 3 N–H and O–H groups in total. The molecule has 2 rings (SSSR count). The number of ether oxygens (including phenoxy) is 2. The topological polar surface area (TPSA) is 92.7 Å². The number of hydrogen-bond donors (Lipinski definition) is 2. The van der Waals surface area contributed by atoms with Crippen molar-refractivity contribution < 1.29 is 9.47 Å². The summed E-state index contributed by atoms with van der Waals surface area (Å²) in [5, 5.41) is 11.9. The quantitative estimate of drug-likeness (QED) is 0.449. The van der Waals surface area contributed by atoms with Gasteiger partial charge in [0.2, 0.25) is 0 Å². The summed E-state index contributed by atoms with van der Waals surface area (Å²) in [5.41, 5.74) is 6.07. The summed E-state index contributed by atoms with van der Waals surface area (Å²) in [6, 6.07) is 7.71. The standard InChI is InChI=1S/C15H20N4O2.HI/c1-15(2,9-16)10-18-14(17)19-11-4-5-12-13(8-11)21-7-3-6-20-12;/h4-5,8H,3,6-7,10H2,1-2H3,(H3,17,18,19);1H. The average Bonchev–Trinajstić information content (AvgIpc) is 2.70. The van der Waals surface area contributed by atoms with Gasteiger partial charge in [-0.25, -0.2) is 0 Å². The van der Waals surface area contributed by atoms with Crippen LogP contribution >= 0.6 is 24.0 Å². The zero-order chi connectivity index (χ0) is 15.3. The number of guanidine groups is 1. The molecule has 0 fully saturated rings. The molecule has 1 aliphatic heterocycles. The van der Waals surface area contributed by atoms with Crippen molar-refractivity contribution in [3.8, 4) is 17.6 Å². The maximum Gasteiger partial charge on any atom is 0.193 e. The molecule has 0 aliphatic carbocycles. The van der Waals surface area contributed by atoms with Gasteiger partial charge in [-0.15, -0.1) is 24.0 Å². The van der Waals surface area contributed by atoms with Crippen molar-refractivity contribution in [2.45, 2.75) is 20.3 Å². The fourth-order valence-electron chi connectivity index (χ4n) is 1.75. The third-order valence-electron chi connectivity index (χ3n) is 2.97. The summed E-state index contributed by atoms with van der Waals surface area (Å²) in [6.07, 6.45) is 0.865. The van der Waals surface area contributed by atoms with Gasteiger partial charge in [0.1, 0.15) is 0 Å². The number of nitrogens with zero attached hydrogens (tertiary/aromatic N) is 2. The largest absolute Gasteiger partial charge is 0.490 e. The molecule has 0 aromatic heterocycles. The average molecular weight is 416 g/mol. The normalized spacial score (nSPS) is 14.3. The van der Waals surface area contributed by atoms with Gasteiger partial charge >= 0.3 is 0 Å². The monoisotopic (exact) mass is 416 g/mol. The fourth-order valence-corrected chi connectivity index (χ4v) is 1.75. The van der Waals surface area contributed by atoms with Gasteiger partial charge in [0, 0.05) is 18.2 Å². The van der Waals surface area contributed by atoms with E-state index in [0.717, 1.165) is 17.9 Å². The van der Waals surface area contributed by atoms with Gasteiger partial charge in [-0.2, -0.15) is 5.26 Å². The molecule has 120 valence electrons.